The quantitative estimate of drug-likeness (QED) is 0.616. The summed E-state index contributed by atoms with van der Waals surface area (Å²) < 4.78 is 10.2. The molecule has 0 heterocycles. The number of para-hydroxylation sites is 1. The number of aliphatic hydroxyl groups is 1. The van der Waals surface area contributed by atoms with Crippen molar-refractivity contribution in [1.82, 2.24) is 0 Å². The number of aliphatic hydroxyl groups excluding tert-OH is 1. The second-order valence-electron chi connectivity index (χ2n) is 3.92. The molecule has 2 unspecified atom stereocenters. The maximum atomic E-state index is 11.2. The molecule has 0 bridgehead atoms. The molecule has 0 spiro atoms. The van der Waals surface area contributed by atoms with Crippen LogP contribution in [0.25, 0.3) is 0 Å². The molecule has 1 aromatic carbocycles. The highest BCUT2D eigenvalue weighted by Gasteiger charge is 2.19. The van der Waals surface area contributed by atoms with E-state index in [1.807, 2.05) is 18.2 Å². The molecular formula is C14H17O4. The molecule has 4 nitrogen and oxygen atoms in total. The number of rotatable bonds is 6. The van der Waals surface area contributed by atoms with E-state index >= 15 is 0 Å². The SMILES string of the molecule is [CH2]C(OC(=O)C(=C)C)C(O)COc1ccccc1. The Morgan fingerprint density at radius 1 is 1.39 bits per heavy atom. The highest BCUT2D eigenvalue weighted by Crippen LogP contribution is 2.10. The van der Waals surface area contributed by atoms with Crippen molar-refractivity contribution < 1.29 is 19.4 Å². The van der Waals surface area contributed by atoms with Gasteiger partial charge in [0.1, 0.15) is 24.6 Å². The average molecular weight is 249 g/mol. The predicted octanol–water partition coefficient (Wildman–Crippen LogP) is 1.75. The normalized spacial score (nSPS) is 13.5. The largest absolute Gasteiger partial charge is 0.491 e. The van der Waals surface area contributed by atoms with Gasteiger partial charge in [-0.05, 0) is 26.0 Å². The van der Waals surface area contributed by atoms with Gasteiger partial charge >= 0.3 is 5.97 Å². The smallest absolute Gasteiger partial charge is 0.333 e. The number of ether oxygens (including phenoxy) is 2. The van der Waals surface area contributed by atoms with Crippen LogP contribution in [0.3, 0.4) is 0 Å². The minimum absolute atomic E-state index is 0.00164. The first-order chi connectivity index (χ1) is 8.50. The topological polar surface area (TPSA) is 55.8 Å². The van der Waals surface area contributed by atoms with Crippen LogP contribution >= 0.6 is 0 Å². The third kappa shape index (κ3) is 4.59. The zero-order valence-electron chi connectivity index (χ0n) is 10.3. The van der Waals surface area contributed by atoms with Crippen LogP contribution in [-0.4, -0.2) is 29.9 Å². The number of carbonyl (C=O) groups excluding carboxylic acids is 1. The zero-order chi connectivity index (χ0) is 13.5. The highest BCUT2D eigenvalue weighted by molar-refractivity contribution is 5.87. The van der Waals surface area contributed by atoms with E-state index < -0.39 is 18.2 Å². The number of carbonyl (C=O) groups is 1. The summed E-state index contributed by atoms with van der Waals surface area (Å²) in [6.07, 6.45) is -1.88. The van der Waals surface area contributed by atoms with E-state index in [-0.39, 0.29) is 12.2 Å². The zero-order valence-corrected chi connectivity index (χ0v) is 10.3. The van der Waals surface area contributed by atoms with Crippen LogP contribution in [0.15, 0.2) is 42.5 Å². The Morgan fingerprint density at radius 3 is 2.56 bits per heavy atom. The van der Waals surface area contributed by atoms with E-state index in [1.54, 1.807) is 12.1 Å². The molecule has 0 aromatic heterocycles. The number of esters is 1. The van der Waals surface area contributed by atoms with Gasteiger partial charge in [-0.2, -0.15) is 0 Å². The minimum Gasteiger partial charge on any atom is -0.491 e. The molecule has 4 heteroatoms. The summed E-state index contributed by atoms with van der Waals surface area (Å²) in [6.45, 7) is 8.54. The Labute approximate surface area is 107 Å². The van der Waals surface area contributed by atoms with Crippen LogP contribution in [0.1, 0.15) is 6.92 Å². The van der Waals surface area contributed by atoms with Crippen molar-refractivity contribution in [2.75, 3.05) is 6.61 Å². The average Bonchev–Trinajstić information content (AvgIpc) is 2.36. The molecule has 97 valence electrons. The van der Waals surface area contributed by atoms with Gasteiger partial charge in [-0.3, -0.25) is 0 Å². The number of benzene rings is 1. The van der Waals surface area contributed by atoms with Crippen molar-refractivity contribution >= 4 is 5.97 Å². The monoisotopic (exact) mass is 249 g/mol. The summed E-state index contributed by atoms with van der Waals surface area (Å²) in [5, 5.41) is 9.72. The highest BCUT2D eigenvalue weighted by atomic mass is 16.6. The van der Waals surface area contributed by atoms with Crippen LogP contribution in [-0.2, 0) is 9.53 Å². The van der Waals surface area contributed by atoms with E-state index in [9.17, 15) is 9.90 Å². The van der Waals surface area contributed by atoms with Crippen molar-refractivity contribution in [1.29, 1.82) is 0 Å². The summed E-state index contributed by atoms with van der Waals surface area (Å²) in [6, 6.07) is 9.05. The molecule has 0 aliphatic carbocycles. The van der Waals surface area contributed by atoms with Gasteiger partial charge in [0.25, 0.3) is 0 Å². The van der Waals surface area contributed by atoms with Crippen LogP contribution in [0, 0.1) is 6.92 Å². The third-order valence-electron chi connectivity index (χ3n) is 2.20. The van der Waals surface area contributed by atoms with Gasteiger partial charge in [0.2, 0.25) is 0 Å². The fourth-order valence-electron chi connectivity index (χ4n) is 1.12. The molecule has 1 aromatic rings. The second-order valence-corrected chi connectivity index (χ2v) is 3.92. The molecule has 0 saturated heterocycles. The van der Waals surface area contributed by atoms with Gasteiger partial charge in [-0.15, -0.1) is 0 Å². The number of hydrogen-bond acceptors (Lipinski definition) is 4. The van der Waals surface area contributed by atoms with Crippen LogP contribution in [0.2, 0.25) is 0 Å². The lowest BCUT2D eigenvalue weighted by molar-refractivity contribution is -0.147. The summed E-state index contributed by atoms with van der Waals surface area (Å²) in [7, 11) is 0. The van der Waals surface area contributed by atoms with Gasteiger partial charge in [-0.1, -0.05) is 24.8 Å². The van der Waals surface area contributed by atoms with E-state index in [1.165, 1.54) is 6.92 Å². The first-order valence-electron chi connectivity index (χ1n) is 5.56. The first kappa shape index (κ1) is 14.3. The molecule has 18 heavy (non-hydrogen) atoms. The molecular weight excluding hydrogens is 232 g/mol. The Morgan fingerprint density at radius 2 is 2.00 bits per heavy atom. The molecule has 1 N–H and O–H groups in total. The van der Waals surface area contributed by atoms with Crippen LogP contribution in [0.4, 0.5) is 0 Å². The van der Waals surface area contributed by atoms with Gasteiger partial charge in [0.15, 0.2) is 0 Å². The summed E-state index contributed by atoms with van der Waals surface area (Å²) >= 11 is 0. The molecule has 1 radical (unpaired) electrons. The van der Waals surface area contributed by atoms with Crippen molar-refractivity contribution in [3.63, 3.8) is 0 Å². The van der Waals surface area contributed by atoms with E-state index in [4.69, 9.17) is 9.47 Å². The standard InChI is InChI=1S/C14H17O4/c1-10(2)14(16)18-11(3)13(15)9-17-12-7-5-4-6-8-12/h4-8,11,13,15H,1,3,9H2,2H3. The maximum Gasteiger partial charge on any atom is 0.333 e. The maximum absolute atomic E-state index is 11.2. The second kappa shape index (κ2) is 6.81. The van der Waals surface area contributed by atoms with Crippen LogP contribution in [0.5, 0.6) is 5.75 Å². The molecule has 1 rings (SSSR count). The van der Waals surface area contributed by atoms with Crippen molar-refractivity contribution in [2.24, 2.45) is 0 Å². The van der Waals surface area contributed by atoms with Gasteiger partial charge in [0, 0.05) is 5.57 Å². The van der Waals surface area contributed by atoms with Gasteiger partial charge in [0.05, 0.1) is 0 Å². The van der Waals surface area contributed by atoms with Gasteiger partial charge in [-0.25, -0.2) is 4.79 Å². The molecule has 0 aliphatic rings. The lowest BCUT2D eigenvalue weighted by Gasteiger charge is -2.19. The molecule has 0 amide bonds. The lowest BCUT2D eigenvalue weighted by atomic mass is 10.2. The fourth-order valence-corrected chi connectivity index (χ4v) is 1.12. The predicted molar refractivity (Wildman–Crippen MR) is 68.0 cm³/mol. The Kier molecular flexibility index (Phi) is 5.39. The Balaban J connectivity index is 2.38. The summed E-state index contributed by atoms with van der Waals surface area (Å²) in [4.78, 5) is 11.2. The number of hydrogen-bond donors (Lipinski definition) is 1. The van der Waals surface area contributed by atoms with Gasteiger partial charge < -0.3 is 14.6 Å². The molecule has 0 fully saturated rings. The minimum atomic E-state index is -0.992. The third-order valence-corrected chi connectivity index (χ3v) is 2.20. The van der Waals surface area contributed by atoms with E-state index in [0.717, 1.165) is 0 Å². The Bertz CT molecular complexity index is 400. The molecule has 2 atom stereocenters. The summed E-state index contributed by atoms with van der Waals surface area (Å²) in [5.41, 5.74) is 0.264. The van der Waals surface area contributed by atoms with Crippen LogP contribution < -0.4 is 4.74 Å². The molecule has 0 aliphatic heterocycles. The van der Waals surface area contributed by atoms with Crippen molar-refractivity contribution in [3.8, 4) is 5.75 Å². The first-order valence-corrected chi connectivity index (χ1v) is 5.56. The fraction of sp³-hybridized carbons (Fsp3) is 0.286. The van der Waals surface area contributed by atoms with Crippen molar-refractivity contribution in [3.05, 3.63) is 49.4 Å². The lowest BCUT2D eigenvalue weighted by Crippen LogP contribution is -2.33. The van der Waals surface area contributed by atoms with E-state index in [2.05, 4.69) is 13.5 Å². The Hall–Kier alpha value is -1.81. The summed E-state index contributed by atoms with van der Waals surface area (Å²) in [5.74, 6) is 0.0590. The van der Waals surface area contributed by atoms with E-state index in [0.29, 0.717) is 5.75 Å². The molecule has 0 saturated carbocycles. The van der Waals surface area contributed by atoms with Crippen molar-refractivity contribution in [2.45, 2.75) is 19.1 Å².